The minimum absolute atomic E-state index is 0.243. The van der Waals surface area contributed by atoms with Gasteiger partial charge < -0.3 is 15.8 Å². The highest BCUT2D eigenvalue weighted by molar-refractivity contribution is 6.02. The molecule has 3 N–H and O–H groups in total. The van der Waals surface area contributed by atoms with Crippen LogP contribution in [0.2, 0.25) is 0 Å². The van der Waals surface area contributed by atoms with Crippen molar-refractivity contribution < 1.29 is 9.53 Å². The van der Waals surface area contributed by atoms with E-state index in [0.717, 1.165) is 27.5 Å². The third-order valence-electron chi connectivity index (χ3n) is 6.00. The van der Waals surface area contributed by atoms with E-state index in [-0.39, 0.29) is 5.91 Å². The molecule has 0 aliphatic heterocycles. The number of carbonyl (C=O) groups excluding carboxylic acids is 1. The van der Waals surface area contributed by atoms with Gasteiger partial charge in [-0.3, -0.25) is 9.69 Å². The van der Waals surface area contributed by atoms with Gasteiger partial charge in [0.1, 0.15) is 18.2 Å². The lowest BCUT2D eigenvalue weighted by atomic mass is 9.96. The summed E-state index contributed by atoms with van der Waals surface area (Å²) in [4.78, 5) is 17.5. The van der Waals surface area contributed by atoms with E-state index in [9.17, 15) is 4.79 Å². The number of carbonyl (C=O) groups is 1. The zero-order chi connectivity index (χ0) is 25.7. The minimum atomic E-state index is -0.243. The quantitative estimate of drug-likeness (QED) is 0.322. The summed E-state index contributed by atoms with van der Waals surface area (Å²) < 4.78 is 5.92. The molecule has 0 saturated heterocycles. The van der Waals surface area contributed by atoms with Crippen molar-refractivity contribution in [2.75, 3.05) is 16.0 Å². The molecule has 36 heavy (non-hydrogen) atoms. The van der Waals surface area contributed by atoms with Crippen LogP contribution in [0.15, 0.2) is 80.3 Å². The van der Waals surface area contributed by atoms with Gasteiger partial charge in [-0.15, -0.1) is 5.10 Å². The second-order valence-corrected chi connectivity index (χ2v) is 8.27. The molecule has 8 nitrogen and oxygen atoms in total. The summed E-state index contributed by atoms with van der Waals surface area (Å²) in [7, 11) is 0. The van der Waals surface area contributed by atoms with Gasteiger partial charge in [-0.1, -0.05) is 25.3 Å². The Kier molecular flexibility index (Phi) is 7.25. The molecule has 2 aromatic heterocycles. The van der Waals surface area contributed by atoms with Crippen molar-refractivity contribution in [3.05, 3.63) is 103 Å². The summed E-state index contributed by atoms with van der Waals surface area (Å²) >= 11 is 0. The molecule has 4 rings (SSSR count). The van der Waals surface area contributed by atoms with Crippen molar-refractivity contribution in [1.29, 1.82) is 0 Å². The average Bonchev–Trinajstić information content (AvgIpc) is 2.89. The lowest BCUT2D eigenvalue weighted by Crippen LogP contribution is -2.22. The van der Waals surface area contributed by atoms with Crippen LogP contribution >= 0.6 is 0 Å². The van der Waals surface area contributed by atoms with Crippen LogP contribution in [0.25, 0.3) is 10.8 Å². The van der Waals surface area contributed by atoms with Crippen LogP contribution in [0.1, 0.15) is 22.3 Å². The number of aryl methyl sites for hydroxylation is 2. The van der Waals surface area contributed by atoms with Crippen LogP contribution < -0.4 is 20.7 Å². The Morgan fingerprint density at radius 2 is 1.92 bits per heavy atom. The Bertz CT molecular complexity index is 1430. The molecule has 0 unspecified atom stereocenters. The average molecular weight is 481 g/mol. The number of amides is 1. The molecule has 8 heteroatoms. The molecular weight excluding hydrogens is 452 g/mol. The highest BCUT2D eigenvalue weighted by Crippen LogP contribution is 2.28. The summed E-state index contributed by atoms with van der Waals surface area (Å²) in [6.07, 6.45) is 6.01. The van der Waals surface area contributed by atoms with Crippen LogP contribution in [0.3, 0.4) is 0 Å². The van der Waals surface area contributed by atoms with Crippen molar-refractivity contribution in [3.63, 3.8) is 0 Å². The molecule has 0 atom stereocenters. The van der Waals surface area contributed by atoms with Crippen molar-refractivity contribution in [1.82, 2.24) is 15.2 Å². The van der Waals surface area contributed by atoms with E-state index in [1.807, 2.05) is 36.4 Å². The van der Waals surface area contributed by atoms with E-state index in [4.69, 9.17) is 10.5 Å². The number of nitrogen functional groups attached to an aromatic ring is 1. The number of hydrogen-bond donors (Lipinski definition) is 2. The number of anilines is 3. The number of aromatic nitrogens is 3. The summed E-state index contributed by atoms with van der Waals surface area (Å²) in [5, 5.41) is 13.6. The highest BCUT2D eigenvalue weighted by Gasteiger charge is 2.11. The number of hydrogen-bond acceptors (Lipinski definition) is 7. The van der Waals surface area contributed by atoms with Crippen LogP contribution in [0, 0.1) is 13.8 Å². The number of fused-ring (bicyclic) bond motifs is 1. The molecule has 4 aromatic rings. The molecule has 2 aromatic carbocycles. The van der Waals surface area contributed by atoms with Gasteiger partial charge in [0.25, 0.3) is 5.91 Å². The van der Waals surface area contributed by atoms with Gasteiger partial charge in [0.2, 0.25) is 0 Å². The zero-order valence-corrected chi connectivity index (χ0v) is 20.4. The molecule has 0 spiro atoms. The second kappa shape index (κ2) is 10.7. The second-order valence-electron chi connectivity index (χ2n) is 8.27. The summed E-state index contributed by atoms with van der Waals surface area (Å²) in [6, 6.07) is 13.3. The number of pyridine rings is 1. The predicted octanol–water partition coefficient (Wildman–Crippen LogP) is 5.08. The molecule has 0 saturated carbocycles. The normalized spacial score (nSPS) is 10.6. The molecule has 0 fully saturated rings. The Labute approximate surface area is 210 Å². The largest absolute Gasteiger partial charge is 0.487 e. The minimum Gasteiger partial charge on any atom is -0.487 e. The van der Waals surface area contributed by atoms with Crippen LogP contribution in [0.5, 0.6) is 5.75 Å². The van der Waals surface area contributed by atoms with Crippen LogP contribution in [-0.4, -0.2) is 21.1 Å². The molecule has 182 valence electrons. The summed E-state index contributed by atoms with van der Waals surface area (Å²) in [5.41, 5.74) is 11.2. The van der Waals surface area contributed by atoms with Gasteiger partial charge >= 0.3 is 0 Å². The van der Waals surface area contributed by atoms with Crippen molar-refractivity contribution in [3.8, 4) is 5.75 Å². The van der Waals surface area contributed by atoms with E-state index in [1.54, 1.807) is 12.4 Å². The van der Waals surface area contributed by atoms with Gasteiger partial charge in [-0.25, -0.2) is 4.98 Å². The van der Waals surface area contributed by atoms with Gasteiger partial charge in [-0.2, -0.15) is 5.10 Å². The van der Waals surface area contributed by atoms with Gasteiger partial charge in [0, 0.05) is 36.1 Å². The first-order valence-corrected chi connectivity index (χ1v) is 11.4. The fourth-order valence-electron chi connectivity index (χ4n) is 4.04. The van der Waals surface area contributed by atoms with Crippen LogP contribution in [0.4, 0.5) is 17.3 Å². The Morgan fingerprint density at radius 1 is 1.14 bits per heavy atom. The number of nitrogens with zero attached hydrogens (tertiary/aromatic N) is 4. The van der Waals surface area contributed by atoms with Crippen LogP contribution in [-0.2, 0) is 17.9 Å². The van der Waals surface area contributed by atoms with Gasteiger partial charge in [0.15, 0.2) is 5.82 Å². The maximum Gasteiger partial charge on any atom is 0.254 e. The van der Waals surface area contributed by atoms with E-state index < -0.39 is 0 Å². The van der Waals surface area contributed by atoms with Crippen molar-refractivity contribution >= 4 is 34.0 Å². The predicted molar refractivity (Wildman–Crippen MR) is 144 cm³/mol. The maximum absolute atomic E-state index is 11.9. The highest BCUT2D eigenvalue weighted by atomic mass is 16.5. The SMILES string of the molecule is C=CC(=O)N(C=C)c1ccc(COc2cnnc(NCc3c(C)cc4c(N)nccc4c3C)c2)cc1. The van der Waals surface area contributed by atoms with Gasteiger partial charge in [-0.05, 0) is 71.8 Å². The smallest absolute Gasteiger partial charge is 0.254 e. The lowest BCUT2D eigenvalue weighted by molar-refractivity contribution is -0.113. The standard InChI is InChI=1S/C28H28N6O2/c1-5-27(35)34(6-2)21-9-7-20(8-10-21)17-36-22-14-26(33-32-15-22)31-16-25-18(3)13-24-23(19(25)4)11-12-30-28(24)29/h5-15H,1-2,16-17H2,3-4H3,(H2,29,30)(H,31,33). The van der Waals surface area contributed by atoms with Crippen molar-refractivity contribution in [2.45, 2.75) is 27.0 Å². The Hall–Kier alpha value is -4.72. The van der Waals surface area contributed by atoms with Gasteiger partial charge in [0.05, 0.1) is 6.20 Å². The number of nitrogens with two attached hydrogens (primary N) is 1. The topological polar surface area (TPSA) is 106 Å². The third kappa shape index (κ3) is 5.17. The number of nitrogens with one attached hydrogen (secondary N) is 1. The van der Waals surface area contributed by atoms with E-state index in [0.29, 0.717) is 36.2 Å². The van der Waals surface area contributed by atoms with E-state index in [2.05, 4.69) is 53.6 Å². The number of ether oxygens (including phenoxy) is 1. The zero-order valence-electron chi connectivity index (χ0n) is 20.4. The molecule has 1 amide bonds. The molecule has 0 bridgehead atoms. The molecular formula is C28H28N6O2. The summed E-state index contributed by atoms with van der Waals surface area (Å²) in [6.45, 7) is 12.3. The molecule has 0 radical (unpaired) electrons. The monoisotopic (exact) mass is 480 g/mol. The maximum atomic E-state index is 11.9. The summed E-state index contributed by atoms with van der Waals surface area (Å²) in [5.74, 6) is 1.50. The van der Waals surface area contributed by atoms with Crippen molar-refractivity contribution in [2.24, 2.45) is 0 Å². The molecule has 2 heterocycles. The Morgan fingerprint density at radius 3 is 2.64 bits per heavy atom. The first-order valence-electron chi connectivity index (χ1n) is 11.4. The first-order chi connectivity index (χ1) is 17.4. The van der Waals surface area contributed by atoms with E-state index >= 15 is 0 Å². The molecule has 0 aliphatic rings. The fraction of sp³-hybridized carbons (Fsp3) is 0.143. The molecule has 0 aliphatic carbocycles. The lowest BCUT2D eigenvalue weighted by Gasteiger charge is -2.16. The first kappa shape index (κ1) is 24.4. The Balaban J connectivity index is 1.42. The number of benzene rings is 2. The number of rotatable bonds is 9. The third-order valence-corrected chi connectivity index (χ3v) is 6.00. The fourth-order valence-corrected chi connectivity index (χ4v) is 4.04. The van der Waals surface area contributed by atoms with E-state index in [1.165, 1.54) is 22.7 Å².